The van der Waals surface area contributed by atoms with Gasteiger partial charge in [0.15, 0.2) is 0 Å². The number of thiophene rings is 1. The minimum absolute atomic E-state index is 0.00507. The second kappa shape index (κ2) is 12.0. The highest BCUT2D eigenvalue weighted by Gasteiger charge is 2.23. The average molecular weight is 460 g/mol. The third-order valence-corrected chi connectivity index (χ3v) is 6.73. The zero-order chi connectivity index (χ0) is 22.9. The Labute approximate surface area is 193 Å². The van der Waals surface area contributed by atoms with Crippen LogP contribution in [0.4, 0.5) is 0 Å². The number of nitrogens with one attached hydrogen (secondary N) is 1. The molecule has 0 aliphatic heterocycles. The van der Waals surface area contributed by atoms with Crippen LogP contribution in [0.2, 0.25) is 0 Å². The molecule has 1 aliphatic rings. The summed E-state index contributed by atoms with van der Waals surface area (Å²) in [4.78, 5) is 41.9. The fourth-order valence-corrected chi connectivity index (χ4v) is 4.81. The van der Waals surface area contributed by atoms with Crippen LogP contribution in [0, 0.1) is 0 Å². The SMILES string of the molecule is COCCn1cc(C(=O)NC2CCCCCCC2)c(=O)c(C(=O)N(C)Cc2cccs2)c1. The number of pyridine rings is 1. The molecule has 0 bridgehead atoms. The third-order valence-electron chi connectivity index (χ3n) is 5.87. The molecule has 32 heavy (non-hydrogen) atoms. The maximum Gasteiger partial charge on any atom is 0.259 e. The molecule has 2 amide bonds. The Kier molecular flexibility index (Phi) is 9.05. The third kappa shape index (κ3) is 6.53. The molecule has 174 valence electrons. The maximum atomic E-state index is 13.2. The van der Waals surface area contributed by atoms with Crippen LogP contribution in [0.15, 0.2) is 34.7 Å². The molecule has 0 radical (unpaired) electrons. The lowest BCUT2D eigenvalue weighted by molar-refractivity contribution is 0.0784. The second-order valence-corrected chi connectivity index (χ2v) is 9.43. The van der Waals surface area contributed by atoms with Gasteiger partial charge in [0.1, 0.15) is 11.1 Å². The summed E-state index contributed by atoms with van der Waals surface area (Å²) in [5, 5.41) is 5.00. The molecule has 1 N–H and O–H groups in total. The van der Waals surface area contributed by atoms with Crippen LogP contribution in [-0.4, -0.2) is 48.1 Å². The monoisotopic (exact) mass is 459 g/mol. The van der Waals surface area contributed by atoms with E-state index in [1.807, 2.05) is 17.5 Å². The second-order valence-electron chi connectivity index (χ2n) is 8.40. The van der Waals surface area contributed by atoms with E-state index in [4.69, 9.17) is 4.74 Å². The first-order valence-electron chi connectivity index (χ1n) is 11.3. The highest BCUT2D eigenvalue weighted by molar-refractivity contribution is 7.09. The molecule has 8 heteroatoms. The van der Waals surface area contributed by atoms with E-state index in [2.05, 4.69) is 5.32 Å². The summed E-state index contributed by atoms with van der Waals surface area (Å²) in [5.74, 6) is -0.794. The Morgan fingerprint density at radius 2 is 1.84 bits per heavy atom. The van der Waals surface area contributed by atoms with Crippen LogP contribution in [0.5, 0.6) is 0 Å². The summed E-state index contributed by atoms with van der Waals surface area (Å²) < 4.78 is 6.85. The quantitative estimate of drug-likeness (QED) is 0.653. The molecule has 0 atom stereocenters. The standard InChI is InChI=1S/C24H33N3O4S/c1-26(15-19-11-8-14-32-19)24(30)21-17-27(12-13-31-2)16-20(22(21)28)23(29)25-18-9-6-4-3-5-7-10-18/h8,11,14,16-18H,3-7,9-10,12-13,15H2,1-2H3,(H,25,29). The molecule has 2 aromatic heterocycles. The van der Waals surface area contributed by atoms with E-state index >= 15 is 0 Å². The Morgan fingerprint density at radius 3 is 2.50 bits per heavy atom. The number of carbonyl (C=O) groups is 2. The number of nitrogens with zero attached hydrogens (tertiary/aromatic N) is 2. The van der Waals surface area contributed by atoms with Crippen LogP contribution >= 0.6 is 11.3 Å². The first-order chi connectivity index (χ1) is 15.5. The predicted octanol–water partition coefficient (Wildman–Crippen LogP) is 3.67. The molecule has 3 rings (SSSR count). The van der Waals surface area contributed by atoms with Gasteiger partial charge in [-0.1, -0.05) is 38.2 Å². The van der Waals surface area contributed by atoms with Crippen molar-refractivity contribution in [1.82, 2.24) is 14.8 Å². The van der Waals surface area contributed by atoms with E-state index in [-0.39, 0.29) is 17.2 Å². The maximum absolute atomic E-state index is 13.2. The number of hydrogen-bond donors (Lipinski definition) is 1. The van der Waals surface area contributed by atoms with E-state index < -0.39 is 17.2 Å². The summed E-state index contributed by atoms with van der Waals surface area (Å²) in [6.07, 6.45) is 10.7. The fraction of sp³-hybridized carbons (Fsp3) is 0.542. The first-order valence-corrected chi connectivity index (χ1v) is 12.2. The summed E-state index contributed by atoms with van der Waals surface area (Å²) in [5.41, 5.74) is -0.506. The molecule has 0 saturated heterocycles. The lowest BCUT2D eigenvalue weighted by Gasteiger charge is -2.22. The number of methoxy groups -OCH3 is 1. The smallest absolute Gasteiger partial charge is 0.259 e. The molecular weight excluding hydrogens is 426 g/mol. The molecule has 0 unspecified atom stereocenters. The van der Waals surface area contributed by atoms with Gasteiger partial charge in [-0.15, -0.1) is 11.3 Å². The van der Waals surface area contributed by atoms with Crippen molar-refractivity contribution in [3.05, 3.63) is 56.1 Å². The average Bonchev–Trinajstić information content (AvgIpc) is 3.27. The Morgan fingerprint density at radius 1 is 1.16 bits per heavy atom. The minimum atomic E-state index is -0.523. The van der Waals surface area contributed by atoms with Crippen molar-refractivity contribution in [3.63, 3.8) is 0 Å². The highest BCUT2D eigenvalue weighted by atomic mass is 32.1. The van der Waals surface area contributed by atoms with Crippen molar-refractivity contribution in [1.29, 1.82) is 0 Å². The number of carbonyl (C=O) groups excluding carboxylic acids is 2. The number of amides is 2. The van der Waals surface area contributed by atoms with Crippen LogP contribution in [0.1, 0.15) is 70.5 Å². The van der Waals surface area contributed by atoms with Gasteiger partial charge in [-0.25, -0.2) is 0 Å². The van der Waals surface area contributed by atoms with Crippen LogP contribution in [0.25, 0.3) is 0 Å². The lowest BCUT2D eigenvalue weighted by atomic mass is 9.96. The summed E-state index contributed by atoms with van der Waals surface area (Å²) in [6, 6.07) is 3.94. The van der Waals surface area contributed by atoms with Crippen LogP contribution in [-0.2, 0) is 17.8 Å². The molecule has 2 heterocycles. The lowest BCUT2D eigenvalue weighted by Crippen LogP contribution is -2.40. The van der Waals surface area contributed by atoms with Gasteiger partial charge in [0.25, 0.3) is 11.8 Å². The Balaban J connectivity index is 1.84. The van der Waals surface area contributed by atoms with Gasteiger partial charge in [-0.05, 0) is 24.3 Å². The zero-order valence-electron chi connectivity index (χ0n) is 19.0. The highest BCUT2D eigenvalue weighted by Crippen LogP contribution is 2.17. The van der Waals surface area contributed by atoms with Gasteiger partial charge in [0.2, 0.25) is 5.43 Å². The van der Waals surface area contributed by atoms with Gasteiger partial charge in [0, 0.05) is 44.0 Å². The molecule has 0 spiro atoms. The van der Waals surface area contributed by atoms with Crippen molar-refractivity contribution >= 4 is 23.2 Å². The van der Waals surface area contributed by atoms with Gasteiger partial charge in [-0.3, -0.25) is 14.4 Å². The van der Waals surface area contributed by atoms with E-state index in [1.165, 1.54) is 36.6 Å². The molecule has 2 aromatic rings. The van der Waals surface area contributed by atoms with E-state index in [1.54, 1.807) is 30.1 Å². The van der Waals surface area contributed by atoms with E-state index in [9.17, 15) is 14.4 Å². The minimum Gasteiger partial charge on any atom is -0.383 e. The number of ether oxygens (including phenoxy) is 1. The van der Waals surface area contributed by atoms with Gasteiger partial charge in [-0.2, -0.15) is 0 Å². The molecular formula is C24H33N3O4S. The summed E-state index contributed by atoms with van der Waals surface area (Å²) in [6.45, 7) is 1.26. The van der Waals surface area contributed by atoms with Crippen LogP contribution < -0.4 is 10.7 Å². The largest absolute Gasteiger partial charge is 0.383 e. The van der Waals surface area contributed by atoms with Crippen molar-refractivity contribution in [2.24, 2.45) is 0 Å². The van der Waals surface area contributed by atoms with E-state index in [0.717, 1.165) is 30.6 Å². The normalized spacial score (nSPS) is 15.1. The Bertz CT molecular complexity index is 947. The number of hydrogen-bond acceptors (Lipinski definition) is 5. The zero-order valence-corrected chi connectivity index (χ0v) is 19.8. The van der Waals surface area contributed by atoms with Gasteiger partial charge in [0.05, 0.1) is 13.2 Å². The van der Waals surface area contributed by atoms with E-state index in [0.29, 0.717) is 19.7 Å². The molecule has 7 nitrogen and oxygen atoms in total. The molecule has 1 fully saturated rings. The van der Waals surface area contributed by atoms with Crippen molar-refractivity contribution < 1.29 is 14.3 Å². The summed E-state index contributed by atoms with van der Waals surface area (Å²) >= 11 is 1.56. The van der Waals surface area contributed by atoms with Crippen LogP contribution in [0.3, 0.4) is 0 Å². The van der Waals surface area contributed by atoms with Crippen molar-refractivity contribution in [2.45, 2.75) is 64.1 Å². The molecule has 0 aromatic carbocycles. The Hall–Kier alpha value is -2.45. The number of rotatable bonds is 8. The van der Waals surface area contributed by atoms with Crippen molar-refractivity contribution in [2.75, 3.05) is 20.8 Å². The molecule has 1 saturated carbocycles. The van der Waals surface area contributed by atoms with Gasteiger partial charge >= 0.3 is 0 Å². The molecule has 1 aliphatic carbocycles. The summed E-state index contributed by atoms with van der Waals surface area (Å²) in [7, 11) is 3.26. The topological polar surface area (TPSA) is 80.6 Å². The van der Waals surface area contributed by atoms with Gasteiger partial charge < -0.3 is 19.5 Å². The van der Waals surface area contributed by atoms with Crippen molar-refractivity contribution in [3.8, 4) is 0 Å². The fourth-order valence-electron chi connectivity index (χ4n) is 4.05. The predicted molar refractivity (Wildman–Crippen MR) is 126 cm³/mol. The first kappa shape index (κ1) is 24.2. The number of aromatic nitrogens is 1.